The fourth-order valence-electron chi connectivity index (χ4n) is 1.53. The summed E-state index contributed by atoms with van der Waals surface area (Å²) in [6.07, 6.45) is 0. The lowest BCUT2D eigenvalue weighted by Gasteiger charge is -2.18. The lowest BCUT2D eigenvalue weighted by atomic mass is 10.3. The zero-order chi connectivity index (χ0) is 14.3. The van der Waals surface area contributed by atoms with Gasteiger partial charge in [0, 0.05) is 25.2 Å². The van der Waals surface area contributed by atoms with Crippen molar-refractivity contribution in [1.82, 2.24) is 10.2 Å². The lowest BCUT2D eigenvalue weighted by Crippen LogP contribution is -2.36. The van der Waals surface area contributed by atoms with E-state index in [9.17, 15) is 4.79 Å². The summed E-state index contributed by atoms with van der Waals surface area (Å²) < 4.78 is 5.20. The highest BCUT2D eigenvalue weighted by Crippen LogP contribution is 2.27. The number of anilines is 1. The molecular formula is C13H22Cl3N3O2. The van der Waals surface area contributed by atoms with Crippen LogP contribution in [0.2, 0.25) is 5.02 Å². The molecule has 0 aromatic heterocycles. The number of ether oxygens (including phenoxy) is 1. The Kier molecular flexibility index (Phi) is 12.5. The summed E-state index contributed by atoms with van der Waals surface area (Å²) in [5.41, 5.74) is 0.713. The fourth-order valence-corrected chi connectivity index (χ4v) is 1.70. The smallest absolute Gasteiger partial charge is 0.241 e. The number of methoxy groups -OCH3 is 1. The van der Waals surface area contributed by atoms with Gasteiger partial charge in [-0.05, 0) is 25.2 Å². The van der Waals surface area contributed by atoms with Crippen LogP contribution in [0.1, 0.15) is 0 Å². The van der Waals surface area contributed by atoms with Crippen molar-refractivity contribution < 1.29 is 9.53 Å². The molecule has 1 amide bonds. The molecule has 0 fully saturated rings. The molecule has 0 unspecified atom stereocenters. The van der Waals surface area contributed by atoms with Gasteiger partial charge in [0.15, 0.2) is 0 Å². The largest absolute Gasteiger partial charge is 0.495 e. The van der Waals surface area contributed by atoms with Crippen LogP contribution in [0.5, 0.6) is 5.75 Å². The van der Waals surface area contributed by atoms with E-state index >= 15 is 0 Å². The number of rotatable bonds is 7. The van der Waals surface area contributed by atoms with Crippen LogP contribution in [0.4, 0.5) is 5.69 Å². The molecular weight excluding hydrogens is 337 g/mol. The van der Waals surface area contributed by atoms with Gasteiger partial charge in [-0.15, -0.1) is 24.8 Å². The third kappa shape index (κ3) is 7.62. The molecule has 0 saturated carbocycles. The van der Waals surface area contributed by atoms with Crippen molar-refractivity contribution in [1.29, 1.82) is 0 Å². The standard InChI is InChI=1S/C13H20ClN3O2.2ClH/c1-15-6-7-17(2)13(18)9-16-11-8-10(14)4-5-12(11)19-3;;/h4-5,8,15-16H,6-7,9H2,1-3H3;2*1H. The molecule has 1 rings (SSSR count). The predicted octanol–water partition coefficient (Wildman–Crippen LogP) is 2.28. The molecule has 2 N–H and O–H groups in total. The average Bonchev–Trinajstić information content (AvgIpc) is 2.42. The molecule has 8 heteroatoms. The Morgan fingerprint density at radius 2 is 2.05 bits per heavy atom. The van der Waals surface area contributed by atoms with Gasteiger partial charge in [0.05, 0.1) is 19.3 Å². The molecule has 0 spiro atoms. The van der Waals surface area contributed by atoms with Gasteiger partial charge in [0.1, 0.15) is 5.75 Å². The molecule has 122 valence electrons. The summed E-state index contributed by atoms with van der Waals surface area (Å²) in [6, 6.07) is 5.24. The van der Waals surface area contributed by atoms with Crippen LogP contribution in [-0.2, 0) is 4.79 Å². The van der Waals surface area contributed by atoms with Crippen molar-refractivity contribution in [2.24, 2.45) is 0 Å². The SMILES string of the molecule is CNCCN(C)C(=O)CNc1cc(Cl)ccc1OC.Cl.Cl. The van der Waals surface area contributed by atoms with Crippen LogP contribution in [0, 0.1) is 0 Å². The molecule has 0 heterocycles. The first-order valence-electron chi connectivity index (χ1n) is 6.04. The van der Waals surface area contributed by atoms with Crippen molar-refractivity contribution in [3.05, 3.63) is 23.2 Å². The second-order valence-corrected chi connectivity index (χ2v) is 4.55. The maximum atomic E-state index is 11.9. The molecule has 0 saturated heterocycles. The quantitative estimate of drug-likeness (QED) is 0.785. The van der Waals surface area contributed by atoms with Gasteiger partial charge in [-0.25, -0.2) is 0 Å². The van der Waals surface area contributed by atoms with Crippen molar-refractivity contribution in [2.45, 2.75) is 0 Å². The second-order valence-electron chi connectivity index (χ2n) is 4.12. The molecule has 0 aliphatic rings. The highest BCUT2D eigenvalue weighted by molar-refractivity contribution is 6.30. The normalized spacial score (nSPS) is 9.14. The van der Waals surface area contributed by atoms with Gasteiger partial charge in [-0.1, -0.05) is 11.6 Å². The molecule has 1 aromatic rings. The van der Waals surface area contributed by atoms with Crippen LogP contribution in [0.25, 0.3) is 0 Å². The topological polar surface area (TPSA) is 53.6 Å². The van der Waals surface area contributed by atoms with E-state index in [-0.39, 0.29) is 37.3 Å². The zero-order valence-electron chi connectivity index (χ0n) is 12.3. The van der Waals surface area contributed by atoms with Crippen LogP contribution in [0.3, 0.4) is 0 Å². The molecule has 0 aliphatic heterocycles. The number of hydrogen-bond acceptors (Lipinski definition) is 4. The molecule has 5 nitrogen and oxygen atoms in total. The number of likely N-dealkylation sites (N-methyl/N-ethyl adjacent to an activating group) is 2. The van der Waals surface area contributed by atoms with Gasteiger partial charge in [-0.3, -0.25) is 4.79 Å². The molecule has 0 radical (unpaired) electrons. The van der Waals surface area contributed by atoms with Gasteiger partial charge < -0.3 is 20.3 Å². The minimum Gasteiger partial charge on any atom is -0.495 e. The predicted molar refractivity (Wildman–Crippen MR) is 92.6 cm³/mol. The highest BCUT2D eigenvalue weighted by Gasteiger charge is 2.09. The number of halogens is 3. The first-order chi connectivity index (χ1) is 9.08. The van der Waals surface area contributed by atoms with Crippen LogP contribution in [-0.4, -0.2) is 51.6 Å². The number of carbonyl (C=O) groups excluding carboxylic acids is 1. The maximum Gasteiger partial charge on any atom is 0.241 e. The number of amides is 1. The highest BCUT2D eigenvalue weighted by atomic mass is 35.5. The van der Waals surface area contributed by atoms with E-state index in [0.29, 0.717) is 23.0 Å². The second kappa shape index (κ2) is 11.7. The van der Waals surface area contributed by atoms with E-state index in [0.717, 1.165) is 6.54 Å². The summed E-state index contributed by atoms with van der Waals surface area (Å²) in [5, 5.41) is 6.64. The lowest BCUT2D eigenvalue weighted by molar-refractivity contribution is -0.127. The first kappa shape index (κ1) is 22.4. The number of hydrogen-bond donors (Lipinski definition) is 2. The Morgan fingerprint density at radius 1 is 1.38 bits per heavy atom. The Balaban J connectivity index is 0. The Labute approximate surface area is 143 Å². The Morgan fingerprint density at radius 3 is 2.62 bits per heavy atom. The summed E-state index contributed by atoms with van der Waals surface area (Å²) in [6.45, 7) is 1.64. The minimum atomic E-state index is 0. The number of nitrogens with zero attached hydrogens (tertiary/aromatic N) is 1. The number of carbonyl (C=O) groups is 1. The fraction of sp³-hybridized carbons (Fsp3) is 0.462. The van der Waals surface area contributed by atoms with Crippen molar-refractivity contribution in [3.63, 3.8) is 0 Å². The maximum absolute atomic E-state index is 11.9. The van der Waals surface area contributed by atoms with E-state index in [1.54, 1.807) is 37.3 Å². The van der Waals surface area contributed by atoms with Crippen LogP contribution < -0.4 is 15.4 Å². The van der Waals surface area contributed by atoms with E-state index in [4.69, 9.17) is 16.3 Å². The summed E-state index contributed by atoms with van der Waals surface area (Å²) >= 11 is 5.92. The summed E-state index contributed by atoms with van der Waals surface area (Å²) in [7, 11) is 5.21. The number of nitrogens with one attached hydrogen (secondary N) is 2. The van der Waals surface area contributed by atoms with Gasteiger partial charge >= 0.3 is 0 Å². The van der Waals surface area contributed by atoms with Crippen LogP contribution in [0.15, 0.2) is 18.2 Å². The van der Waals surface area contributed by atoms with Gasteiger partial charge in [0.25, 0.3) is 0 Å². The first-order valence-corrected chi connectivity index (χ1v) is 6.42. The van der Waals surface area contributed by atoms with E-state index < -0.39 is 0 Å². The third-order valence-corrected chi connectivity index (χ3v) is 2.95. The Bertz CT molecular complexity index is 433. The molecule has 0 bridgehead atoms. The molecule has 21 heavy (non-hydrogen) atoms. The third-order valence-electron chi connectivity index (χ3n) is 2.71. The van der Waals surface area contributed by atoms with Crippen molar-refractivity contribution >= 4 is 48.0 Å². The van der Waals surface area contributed by atoms with Crippen LogP contribution >= 0.6 is 36.4 Å². The minimum absolute atomic E-state index is 0. The van der Waals surface area contributed by atoms with Crippen molar-refractivity contribution in [2.75, 3.05) is 46.2 Å². The summed E-state index contributed by atoms with van der Waals surface area (Å²) in [5.74, 6) is 0.673. The molecule has 0 aliphatic carbocycles. The zero-order valence-corrected chi connectivity index (χ0v) is 14.7. The van der Waals surface area contributed by atoms with E-state index in [1.807, 2.05) is 7.05 Å². The number of benzene rings is 1. The monoisotopic (exact) mass is 357 g/mol. The average molecular weight is 359 g/mol. The van der Waals surface area contributed by atoms with Crippen molar-refractivity contribution in [3.8, 4) is 5.75 Å². The van der Waals surface area contributed by atoms with E-state index in [1.165, 1.54) is 0 Å². The molecule has 0 atom stereocenters. The van der Waals surface area contributed by atoms with E-state index in [2.05, 4.69) is 10.6 Å². The molecule has 1 aromatic carbocycles. The van der Waals surface area contributed by atoms with Gasteiger partial charge in [-0.2, -0.15) is 0 Å². The summed E-state index contributed by atoms with van der Waals surface area (Å²) in [4.78, 5) is 13.5. The Hall–Kier alpha value is -0.880. The van der Waals surface area contributed by atoms with Gasteiger partial charge in [0.2, 0.25) is 5.91 Å².